The Hall–Kier alpha value is -2.35. The zero-order valence-corrected chi connectivity index (χ0v) is 13.6. The van der Waals surface area contributed by atoms with E-state index in [1.807, 2.05) is 30.3 Å². The van der Waals surface area contributed by atoms with Crippen LogP contribution in [0.5, 0.6) is 0 Å². The van der Waals surface area contributed by atoms with Crippen molar-refractivity contribution in [1.82, 2.24) is 4.98 Å². The summed E-state index contributed by atoms with van der Waals surface area (Å²) in [5.41, 5.74) is 3.92. The van der Waals surface area contributed by atoms with Crippen LogP contribution in [0, 0.1) is 0 Å². The molecule has 1 heterocycles. The monoisotopic (exact) mass is 305 g/mol. The number of hydrogen-bond donors (Lipinski definition) is 1. The predicted molar refractivity (Wildman–Crippen MR) is 97.9 cm³/mol. The molecule has 1 aromatic heterocycles. The minimum absolute atomic E-state index is 0.0283. The van der Waals surface area contributed by atoms with Crippen LogP contribution in [0.25, 0.3) is 22.0 Å². The first-order valence-electron chi connectivity index (χ1n) is 8.49. The van der Waals surface area contributed by atoms with Crippen LogP contribution in [0.15, 0.2) is 59.4 Å². The smallest absolute Gasteiger partial charge is 0.256 e. The van der Waals surface area contributed by atoms with Gasteiger partial charge in [-0.25, -0.2) is 0 Å². The van der Waals surface area contributed by atoms with E-state index in [2.05, 4.69) is 36.2 Å². The molecule has 0 unspecified atom stereocenters. The molecule has 0 saturated carbocycles. The molecule has 0 fully saturated rings. The summed E-state index contributed by atoms with van der Waals surface area (Å²) < 4.78 is 0. The molecule has 2 heteroatoms. The highest BCUT2D eigenvalue weighted by atomic mass is 16.1. The number of rotatable bonds is 6. The summed E-state index contributed by atoms with van der Waals surface area (Å²) in [5, 5.41) is 1.06. The van der Waals surface area contributed by atoms with Gasteiger partial charge in [-0.1, -0.05) is 68.7 Å². The largest absolute Gasteiger partial charge is 0.321 e. The lowest BCUT2D eigenvalue weighted by atomic mass is 10.0. The van der Waals surface area contributed by atoms with Gasteiger partial charge in [0.1, 0.15) is 0 Å². The minimum atomic E-state index is -0.0283. The van der Waals surface area contributed by atoms with Gasteiger partial charge in [0.05, 0.1) is 0 Å². The lowest BCUT2D eigenvalue weighted by molar-refractivity contribution is 0.667. The highest BCUT2D eigenvalue weighted by Crippen LogP contribution is 2.20. The van der Waals surface area contributed by atoms with E-state index in [0.29, 0.717) is 0 Å². The molecule has 0 aliphatic rings. The second kappa shape index (κ2) is 7.28. The molecule has 0 spiro atoms. The number of para-hydroxylation sites is 1. The maximum Gasteiger partial charge on any atom is 0.256 e. The maximum absolute atomic E-state index is 12.3. The predicted octanol–water partition coefficient (Wildman–Crippen LogP) is 5.32. The number of nitrogens with one attached hydrogen (secondary N) is 1. The standard InChI is InChI=1S/C21H23NO/c1-2-3-4-5-8-16-11-13-17(14-12-16)19-15-18-9-6-7-10-20(18)22-21(19)23/h6-7,9-15H,2-5,8H2,1H3,(H,22,23). The van der Waals surface area contributed by atoms with E-state index in [4.69, 9.17) is 0 Å². The molecule has 1 N–H and O–H groups in total. The molecule has 0 bridgehead atoms. The summed E-state index contributed by atoms with van der Waals surface area (Å²) in [7, 11) is 0. The van der Waals surface area contributed by atoms with Crippen molar-refractivity contribution in [3.8, 4) is 11.1 Å². The number of unbranched alkanes of at least 4 members (excludes halogenated alkanes) is 3. The molecular weight excluding hydrogens is 282 g/mol. The van der Waals surface area contributed by atoms with Gasteiger partial charge in [-0.3, -0.25) is 4.79 Å². The number of hydrogen-bond acceptors (Lipinski definition) is 1. The average Bonchev–Trinajstić information content (AvgIpc) is 2.59. The first-order chi connectivity index (χ1) is 11.3. The third-order valence-corrected chi connectivity index (χ3v) is 4.34. The molecule has 23 heavy (non-hydrogen) atoms. The first kappa shape index (κ1) is 15.5. The first-order valence-corrected chi connectivity index (χ1v) is 8.49. The van der Waals surface area contributed by atoms with Crippen LogP contribution in [-0.4, -0.2) is 4.98 Å². The zero-order chi connectivity index (χ0) is 16.1. The van der Waals surface area contributed by atoms with E-state index < -0.39 is 0 Å². The Morgan fingerprint density at radius 2 is 1.70 bits per heavy atom. The van der Waals surface area contributed by atoms with Gasteiger partial charge in [-0.2, -0.15) is 0 Å². The lowest BCUT2D eigenvalue weighted by Crippen LogP contribution is -2.08. The molecule has 0 aliphatic carbocycles. The Balaban J connectivity index is 1.82. The molecule has 0 amide bonds. The molecule has 3 rings (SSSR count). The Morgan fingerprint density at radius 1 is 0.913 bits per heavy atom. The van der Waals surface area contributed by atoms with E-state index in [9.17, 15) is 4.79 Å². The molecule has 2 nitrogen and oxygen atoms in total. The van der Waals surface area contributed by atoms with E-state index in [-0.39, 0.29) is 5.56 Å². The molecule has 2 aromatic carbocycles. The number of aryl methyl sites for hydroxylation is 1. The van der Waals surface area contributed by atoms with Gasteiger partial charge in [-0.15, -0.1) is 0 Å². The Bertz CT molecular complexity index is 830. The number of aromatic amines is 1. The number of pyridine rings is 1. The third kappa shape index (κ3) is 3.70. The van der Waals surface area contributed by atoms with Crippen molar-refractivity contribution in [2.24, 2.45) is 0 Å². The van der Waals surface area contributed by atoms with Crippen LogP contribution in [-0.2, 0) is 6.42 Å². The van der Waals surface area contributed by atoms with Crippen LogP contribution in [0.1, 0.15) is 38.2 Å². The van der Waals surface area contributed by atoms with E-state index in [1.165, 1.54) is 31.2 Å². The van der Waals surface area contributed by atoms with Crippen molar-refractivity contribution in [2.75, 3.05) is 0 Å². The van der Waals surface area contributed by atoms with E-state index in [1.54, 1.807) is 0 Å². The van der Waals surface area contributed by atoms with Crippen LogP contribution >= 0.6 is 0 Å². The summed E-state index contributed by atoms with van der Waals surface area (Å²) >= 11 is 0. The number of H-pyrrole nitrogens is 1. The molecule has 3 aromatic rings. The van der Waals surface area contributed by atoms with Gasteiger partial charge < -0.3 is 4.98 Å². The zero-order valence-electron chi connectivity index (χ0n) is 13.6. The Labute approximate surface area is 137 Å². The summed E-state index contributed by atoms with van der Waals surface area (Å²) in [4.78, 5) is 15.3. The van der Waals surface area contributed by atoms with Crippen molar-refractivity contribution in [2.45, 2.75) is 39.0 Å². The van der Waals surface area contributed by atoms with Crippen LogP contribution < -0.4 is 5.56 Å². The van der Waals surface area contributed by atoms with Crippen molar-refractivity contribution in [3.05, 3.63) is 70.5 Å². The fourth-order valence-corrected chi connectivity index (χ4v) is 2.97. The SMILES string of the molecule is CCCCCCc1ccc(-c2cc3ccccc3[nH]c2=O)cc1. The highest BCUT2D eigenvalue weighted by Gasteiger charge is 2.05. The molecule has 118 valence electrons. The average molecular weight is 305 g/mol. The van der Waals surface area contributed by atoms with Crippen LogP contribution in [0.2, 0.25) is 0 Å². The van der Waals surface area contributed by atoms with E-state index >= 15 is 0 Å². The van der Waals surface area contributed by atoms with Crippen molar-refractivity contribution < 1.29 is 0 Å². The van der Waals surface area contributed by atoms with Crippen molar-refractivity contribution in [1.29, 1.82) is 0 Å². The summed E-state index contributed by atoms with van der Waals surface area (Å²) in [6, 6.07) is 18.3. The number of fused-ring (bicyclic) bond motifs is 1. The summed E-state index contributed by atoms with van der Waals surface area (Å²) in [5.74, 6) is 0. The van der Waals surface area contributed by atoms with Gasteiger partial charge >= 0.3 is 0 Å². The second-order valence-electron chi connectivity index (χ2n) is 6.11. The van der Waals surface area contributed by atoms with Gasteiger partial charge in [0.25, 0.3) is 5.56 Å². The third-order valence-electron chi connectivity index (χ3n) is 4.34. The minimum Gasteiger partial charge on any atom is -0.321 e. The van der Waals surface area contributed by atoms with Crippen LogP contribution in [0.3, 0.4) is 0 Å². The van der Waals surface area contributed by atoms with Crippen molar-refractivity contribution >= 4 is 10.9 Å². The fourth-order valence-electron chi connectivity index (χ4n) is 2.97. The Morgan fingerprint density at radius 3 is 2.48 bits per heavy atom. The van der Waals surface area contributed by atoms with Gasteiger partial charge in [-0.05, 0) is 41.5 Å². The maximum atomic E-state index is 12.3. The molecule has 0 saturated heterocycles. The topological polar surface area (TPSA) is 32.9 Å². The Kier molecular flexibility index (Phi) is 4.92. The molecular formula is C21H23NO. The highest BCUT2D eigenvalue weighted by molar-refractivity contribution is 5.83. The van der Waals surface area contributed by atoms with Gasteiger partial charge in [0.2, 0.25) is 0 Å². The number of benzene rings is 2. The summed E-state index contributed by atoms with van der Waals surface area (Å²) in [6.07, 6.45) is 6.23. The van der Waals surface area contributed by atoms with Crippen molar-refractivity contribution in [3.63, 3.8) is 0 Å². The van der Waals surface area contributed by atoms with Gasteiger partial charge in [0, 0.05) is 11.1 Å². The van der Waals surface area contributed by atoms with E-state index in [0.717, 1.165) is 28.5 Å². The quantitative estimate of drug-likeness (QED) is 0.614. The lowest BCUT2D eigenvalue weighted by Gasteiger charge is -2.06. The van der Waals surface area contributed by atoms with Crippen LogP contribution in [0.4, 0.5) is 0 Å². The number of aromatic nitrogens is 1. The molecule has 0 radical (unpaired) electrons. The second-order valence-corrected chi connectivity index (χ2v) is 6.11. The fraction of sp³-hybridized carbons (Fsp3) is 0.286. The normalized spacial score (nSPS) is 11.0. The summed E-state index contributed by atoms with van der Waals surface area (Å²) in [6.45, 7) is 2.23. The molecule has 0 aliphatic heterocycles. The van der Waals surface area contributed by atoms with Gasteiger partial charge in [0.15, 0.2) is 0 Å². The molecule has 0 atom stereocenters.